The third-order valence-corrected chi connectivity index (χ3v) is 3.48. The van der Waals surface area contributed by atoms with E-state index in [1.807, 2.05) is 24.3 Å². The van der Waals surface area contributed by atoms with Gasteiger partial charge < -0.3 is 10.0 Å². The molecule has 0 bridgehead atoms. The first kappa shape index (κ1) is 13.2. The highest BCUT2D eigenvalue weighted by atomic mass is 16.4. The molecule has 21 heavy (non-hydrogen) atoms. The maximum absolute atomic E-state index is 12.0. The predicted molar refractivity (Wildman–Crippen MR) is 76.4 cm³/mol. The summed E-state index contributed by atoms with van der Waals surface area (Å²) < 4.78 is 0. The fourth-order valence-electron chi connectivity index (χ4n) is 2.30. The number of carbonyl (C=O) groups is 2. The van der Waals surface area contributed by atoms with Gasteiger partial charge >= 0.3 is 12.0 Å². The zero-order chi connectivity index (χ0) is 15.0. The van der Waals surface area contributed by atoms with Crippen LogP contribution in [-0.4, -0.2) is 52.3 Å². The lowest BCUT2D eigenvalue weighted by Crippen LogP contribution is -2.29. The Labute approximate surface area is 120 Å². The Morgan fingerprint density at radius 1 is 1.33 bits per heavy atom. The van der Waals surface area contributed by atoms with Crippen molar-refractivity contribution in [2.45, 2.75) is 0 Å². The summed E-state index contributed by atoms with van der Waals surface area (Å²) in [5.74, 6) is -1.05. The van der Waals surface area contributed by atoms with E-state index >= 15 is 0 Å². The third kappa shape index (κ3) is 2.33. The number of likely N-dealkylation sites (N-methyl/N-ethyl adjacent to an activating group) is 1. The minimum Gasteiger partial charge on any atom is -0.477 e. The van der Waals surface area contributed by atoms with Crippen molar-refractivity contribution in [1.82, 2.24) is 15.1 Å². The topological polar surface area (TPSA) is 89.5 Å². The second-order valence-electron chi connectivity index (χ2n) is 4.88. The van der Waals surface area contributed by atoms with E-state index in [-0.39, 0.29) is 11.7 Å². The first-order valence-electron chi connectivity index (χ1n) is 6.48. The highest BCUT2D eigenvalue weighted by molar-refractivity contribution is 5.94. The van der Waals surface area contributed by atoms with Crippen LogP contribution in [-0.2, 0) is 0 Å². The number of anilines is 1. The van der Waals surface area contributed by atoms with Crippen LogP contribution in [0.3, 0.4) is 0 Å². The van der Waals surface area contributed by atoms with Crippen LogP contribution in [0, 0.1) is 0 Å². The monoisotopic (exact) mass is 286 g/mol. The second-order valence-corrected chi connectivity index (χ2v) is 4.88. The number of carboxylic acid groups (broad SMARTS) is 1. The van der Waals surface area contributed by atoms with Crippen LogP contribution in [0.5, 0.6) is 0 Å². The van der Waals surface area contributed by atoms with Crippen LogP contribution >= 0.6 is 0 Å². The SMILES string of the molecule is CN1CCN(c2cccc(-c3cc(C(=O)O)[nH]n3)c2)C1=O. The van der Waals surface area contributed by atoms with E-state index in [2.05, 4.69) is 10.2 Å². The lowest BCUT2D eigenvalue weighted by atomic mass is 10.1. The summed E-state index contributed by atoms with van der Waals surface area (Å²) in [4.78, 5) is 26.2. The van der Waals surface area contributed by atoms with Crippen molar-refractivity contribution in [2.24, 2.45) is 0 Å². The number of hydrogen-bond donors (Lipinski definition) is 2. The van der Waals surface area contributed by atoms with Crippen LogP contribution in [0.25, 0.3) is 11.3 Å². The molecule has 1 saturated heterocycles. The van der Waals surface area contributed by atoms with Crippen LogP contribution in [0.2, 0.25) is 0 Å². The molecule has 0 aliphatic carbocycles. The maximum Gasteiger partial charge on any atom is 0.353 e. The van der Waals surface area contributed by atoms with Gasteiger partial charge in [-0.25, -0.2) is 9.59 Å². The quantitative estimate of drug-likeness (QED) is 0.897. The molecule has 0 spiro atoms. The van der Waals surface area contributed by atoms with Gasteiger partial charge in [0.05, 0.1) is 5.69 Å². The van der Waals surface area contributed by atoms with Gasteiger partial charge in [0.15, 0.2) is 0 Å². The number of nitrogens with one attached hydrogen (secondary N) is 1. The Morgan fingerprint density at radius 3 is 2.76 bits per heavy atom. The van der Waals surface area contributed by atoms with E-state index in [0.717, 1.165) is 11.3 Å². The van der Waals surface area contributed by atoms with Gasteiger partial charge in [0.2, 0.25) is 0 Å². The number of carboxylic acids is 1. The molecule has 108 valence electrons. The summed E-state index contributed by atoms with van der Waals surface area (Å²) in [6.45, 7) is 1.33. The Bertz CT molecular complexity index is 710. The zero-order valence-corrected chi connectivity index (χ0v) is 11.4. The molecule has 2 amide bonds. The van der Waals surface area contributed by atoms with Gasteiger partial charge in [0.1, 0.15) is 5.69 Å². The number of hydrogen-bond acceptors (Lipinski definition) is 3. The number of H-pyrrole nitrogens is 1. The fourth-order valence-corrected chi connectivity index (χ4v) is 2.30. The lowest BCUT2D eigenvalue weighted by Gasteiger charge is -2.16. The summed E-state index contributed by atoms with van der Waals surface area (Å²) >= 11 is 0. The molecular formula is C14H14N4O3. The van der Waals surface area contributed by atoms with Gasteiger partial charge in [-0.1, -0.05) is 12.1 Å². The largest absolute Gasteiger partial charge is 0.477 e. The molecule has 7 heteroatoms. The number of nitrogens with zero attached hydrogens (tertiary/aromatic N) is 3. The smallest absolute Gasteiger partial charge is 0.353 e. The molecule has 2 heterocycles. The maximum atomic E-state index is 12.0. The molecule has 0 unspecified atom stereocenters. The van der Waals surface area contributed by atoms with Crippen molar-refractivity contribution in [1.29, 1.82) is 0 Å². The molecule has 1 aliphatic rings. The van der Waals surface area contributed by atoms with Gasteiger partial charge in [0, 0.05) is 31.4 Å². The number of carbonyl (C=O) groups excluding carboxylic acids is 1. The van der Waals surface area contributed by atoms with Crippen molar-refractivity contribution < 1.29 is 14.7 Å². The van der Waals surface area contributed by atoms with E-state index in [9.17, 15) is 9.59 Å². The minimum absolute atomic E-state index is 0.0346. The van der Waals surface area contributed by atoms with Gasteiger partial charge in [-0.2, -0.15) is 5.10 Å². The zero-order valence-electron chi connectivity index (χ0n) is 11.4. The summed E-state index contributed by atoms with van der Waals surface area (Å²) in [7, 11) is 1.76. The summed E-state index contributed by atoms with van der Waals surface area (Å²) in [5, 5.41) is 15.4. The molecule has 7 nitrogen and oxygen atoms in total. The highest BCUT2D eigenvalue weighted by Gasteiger charge is 2.26. The molecule has 1 aliphatic heterocycles. The van der Waals surface area contributed by atoms with Crippen LogP contribution in [0.1, 0.15) is 10.5 Å². The highest BCUT2D eigenvalue weighted by Crippen LogP contribution is 2.26. The number of aromatic carboxylic acids is 1. The average molecular weight is 286 g/mol. The van der Waals surface area contributed by atoms with E-state index < -0.39 is 5.97 Å². The predicted octanol–water partition coefficient (Wildman–Crippen LogP) is 1.65. The number of urea groups is 1. The number of rotatable bonds is 3. The van der Waals surface area contributed by atoms with Crippen molar-refractivity contribution in [3.8, 4) is 11.3 Å². The van der Waals surface area contributed by atoms with Crippen LogP contribution < -0.4 is 4.90 Å². The Hall–Kier alpha value is -2.83. The molecule has 1 aromatic carbocycles. The third-order valence-electron chi connectivity index (χ3n) is 3.48. The molecule has 0 radical (unpaired) electrons. The first-order valence-corrected chi connectivity index (χ1v) is 6.48. The Morgan fingerprint density at radius 2 is 2.14 bits per heavy atom. The molecule has 3 rings (SSSR count). The summed E-state index contributed by atoms with van der Waals surface area (Å²) in [5.41, 5.74) is 2.11. The van der Waals surface area contributed by atoms with Crippen molar-refractivity contribution in [3.63, 3.8) is 0 Å². The number of amides is 2. The minimum atomic E-state index is -1.05. The van der Waals surface area contributed by atoms with Crippen molar-refractivity contribution in [3.05, 3.63) is 36.0 Å². The standard InChI is InChI=1S/C14H14N4O3/c1-17-5-6-18(14(17)21)10-4-2-3-9(7-10)11-8-12(13(19)20)16-15-11/h2-4,7-8H,5-6H2,1H3,(H,15,16)(H,19,20). The van der Waals surface area contributed by atoms with Crippen molar-refractivity contribution >= 4 is 17.7 Å². The van der Waals surface area contributed by atoms with E-state index in [4.69, 9.17) is 5.11 Å². The molecule has 0 saturated carbocycles. The Balaban J connectivity index is 1.92. The number of benzene rings is 1. The van der Waals surface area contributed by atoms with Gasteiger partial charge in [-0.15, -0.1) is 0 Å². The summed E-state index contributed by atoms with van der Waals surface area (Å²) in [6, 6.07) is 8.77. The molecule has 0 atom stereocenters. The number of aromatic amines is 1. The second kappa shape index (κ2) is 4.93. The van der Waals surface area contributed by atoms with Crippen LogP contribution in [0.15, 0.2) is 30.3 Å². The normalized spacial score (nSPS) is 14.8. The first-order chi connectivity index (χ1) is 10.1. The average Bonchev–Trinajstić information content (AvgIpc) is 3.08. The van der Waals surface area contributed by atoms with Crippen LogP contribution in [0.4, 0.5) is 10.5 Å². The molecule has 1 fully saturated rings. The van der Waals surface area contributed by atoms with E-state index in [1.54, 1.807) is 16.8 Å². The molecule has 2 N–H and O–H groups in total. The van der Waals surface area contributed by atoms with E-state index in [0.29, 0.717) is 18.8 Å². The molecule has 2 aromatic rings. The van der Waals surface area contributed by atoms with Gasteiger partial charge in [-0.05, 0) is 18.2 Å². The lowest BCUT2D eigenvalue weighted by molar-refractivity contribution is 0.0690. The van der Waals surface area contributed by atoms with Gasteiger partial charge in [-0.3, -0.25) is 10.00 Å². The molecular weight excluding hydrogens is 272 g/mol. The number of aromatic nitrogens is 2. The van der Waals surface area contributed by atoms with E-state index in [1.165, 1.54) is 6.07 Å². The fraction of sp³-hybridized carbons (Fsp3) is 0.214. The molecule has 1 aromatic heterocycles. The van der Waals surface area contributed by atoms with Crippen molar-refractivity contribution in [2.75, 3.05) is 25.0 Å². The summed E-state index contributed by atoms with van der Waals surface area (Å²) in [6.07, 6.45) is 0. The van der Waals surface area contributed by atoms with Gasteiger partial charge in [0.25, 0.3) is 0 Å². The Kier molecular flexibility index (Phi) is 3.09.